The number of rotatable bonds is 5. The topological polar surface area (TPSA) is 94.0 Å². The molecule has 0 radical (unpaired) electrons. The van der Waals surface area contributed by atoms with Crippen molar-refractivity contribution < 1.29 is 9.21 Å². The number of halogens is 1. The first-order chi connectivity index (χ1) is 9.95. The van der Waals surface area contributed by atoms with Crippen molar-refractivity contribution in [2.45, 2.75) is 24.7 Å². The van der Waals surface area contributed by atoms with Gasteiger partial charge in [-0.2, -0.15) is 0 Å². The van der Waals surface area contributed by atoms with E-state index in [4.69, 9.17) is 10.2 Å². The molecular weight excluding hydrogens is 356 g/mol. The Balaban J connectivity index is 1.89. The largest absolute Gasteiger partial charge is 0.408 e. The lowest BCUT2D eigenvalue weighted by Crippen LogP contribution is -2.14. The zero-order chi connectivity index (χ0) is 15.4. The molecule has 1 amide bonds. The van der Waals surface area contributed by atoms with Gasteiger partial charge in [-0.3, -0.25) is 10.1 Å². The van der Waals surface area contributed by atoms with Gasteiger partial charge in [-0.15, -0.1) is 16.9 Å². The van der Waals surface area contributed by atoms with E-state index in [1.54, 1.807) is 12.1 Å². The monoisotopic (exact) mass is 370 g/mol. The summed E-state index contributed by atoms with van der Waals surface area (Å²) in [4.78, 5) is 12.8. The molecule has 0 spiro atoms. The summed E-state index contributed by atoms with van der Waals surface area (Å²) < 4.78 is 6.18. The molecule has 0 fully saturated rings. The molecule has 1 aromatic heterocycles. The molecule has 0 aliphatic heterocycles. The van der Waals surface area contributed by atoms with Crippen molar-refractivity contribution >= 4 is 45.3 Å². The van der Waals surface area contributed by atoms with E-state index in [1.807, 2.05) is 19.9 Å². The number of hydrogen-bond donors (Lipinski definition) is 2. The first-order valence-corrected chi connectivity index (χ1v) is 8.04. The number of benzene rings is 1. The van der Waals surface area contributed by atoms with Crippen molar-refractivity contribution in [2.75, 3.05) is 16.8 Å². The lowest BCUT2D eigenvalue weighted by atomic mass is 10.2. The van der Waals surface area contributed by atoms with Gasteiger partial charge < -0.3 is 10.2 Å². The zero-order valence-corrected chi connectivity index (χ0v) is 14.0. The van der Waals surface area contributed by atoms with Crippen LogP contribution in [0.5, 0.6) is 0 Å². The molecule has 6 nitrogen and oxygen atoms in total. The van der Waals surface area contributed by atoms with Gasteiger partial charge in [0.05, 0.1) is 5.75 Å². The van der Waals surface area contributed by atoms with Gasteiger partial charge in [0.1, 0.15) is 0 Å². The summed E-state index contributed by atoms with van der Waals surface area (Å²) >= 11 is 4.80. The second-order valence-corrected chi connectivity index (χ2v) is 6.50. The highest BCUT2D eigenvalue weighted by molar-refractivity contribution is 9.10. The Kier molecular flexibility index (Phi) is 5.24. The quantitative estimate of drug-likeness (QED) is 0.619. The van der Waals surface area contributed by atoms with Gasteiger partial charge >= 0.3 is 6.01 Å². The SMILES string of the molecule is CC(C)c1nnc(NC(=O)CSc2ccc(N)cc2Br)o1. The van der Waals surface area contributed by atoms with Crippen LogP contribution in [0.4, 0.5) is 11.7 Å². The average molecular weight is 371 g/mol. The van der Waals surface area contributed by atoms with Gasteiger partial charge in [-0.05, 0) is 34.1 Å². The van der Waals surface area contributed by atoms with Crippen LogP contribution in [-0.4, -0.2) is 21.9 Å². The molecule has 0 unspecified atom stereocenters. The maximum absolute atomic E-state index is 11.8. The zero-order valence-electron chi connectivity index (χ0n) is 11.6. The third kappa shape index (κ3) is 4.47. The van der Waals surface area contributed by atoms with Crippen molar-refractivity contribution in [3.63, 3.8) is 0 Å². The first kappa shape index (κ1) is 15.8. The highest BCUT2D eigenvalue weighted by Gasteiger charge is 2.12. The van der Waals surface area contributed by atoms with Gasteiger partial charge in [0, 0.05) is 21.0 Å². The van der Waals surface area contributed by atoms with Crippen LogP contribution in [0.1, 0.15) is 25.7 Å². The minimum Gasteiger partial charge on any atom is -0.408 e. The van der Waals surface area contributed by atoms with Gasteiger partial charge in [0.25, 0.3) is 0 Å². The first-order valence-electron chi connectivity index (χ1n) is 6.27. The van der Waals surface area contributed by atoms with Crippen molar-refractivity contribution in [1.29, 1.82) is 0 Å². The van der Waals surface area contributed by atoms with E-state index in [-0.39, 0.29) is 23.6 Å². The molecule has 1 aromatic carbocycles. The van der Waals surface area contributed by atoms with Crippen LogP contribution in [0, 0.1) is 0 Å². The Morgan fingerprint density at radius 1 is 1.48 bits per heavy atom. The van der Waals surface area contributed by atoms with Crippen LogP contribution in [-0.2, 0) is 4.79 Å². The van der Waals surface area contributed by atoms with E-state index in [1.165, 1.54) is 11.8 Å². The predicted octanol–water partition coefficient (Wildman–Crippen LogP) is 3.27. The summed E-state index contributed by atoms with van der Waals surface area (Å²) in [5.74, 6) is 0.659. The van der Waals surface area contributed by atoms with Crippen LogP contribution in [0.15, 0.2) is 32.0 Å². The van der Waals surface area contributed by atoms with Gasteiger partial charge in [0.2, 0.25) is 11.8 Å². The van der Waals surface area contributed by atoms with Gasteiger partial charge in [0.15, 0.2) is 0 Å². The molecule has 0 saturated heterocycles. The van der Waals surface area contributed by atoms with E-state index in [9.17, 15) is 4.79 Å². The van der Waals surface area contributed by atoms with Gasteiger partial charge in [-0.25, -0.2) is 0 Å². The molecular formula is C13H15BrN4O2S. The number of nitrogens with zero attached hydrogens (tertiary/aromatic N) is 2. The minimum atomic E-state index is -0.206. The van der Waals surface area contributed by atoms with E-state index in [2.05, 4.69) is 31.4 Å². The molecule has 21 heavy (non-hydrogen) atoms. The van der Waals surface area contributed by atoms with E-state index >= 15 is 0 Å². The van der Waals surface area contributed by atoms with Crippen molar-refractivity contribution in [3.8, 4) is 0 Å². The van der Waals surface area contributed by atoms with Crippen molar-refractivity contribution in [1.82, 2.24) is 10.2 Å². The third-order valence-corrected chi connectivity index (χ3v) is 4.49. The summed E-state index contributed by atoms with van der Waals surface area (Å²) in [5, 5.41) is 10.2. The Morgan fingerprint density at radius 3 is 2.86 bits per heavy atom. The summed E-state index contributed by atoms with van der Waals surface area (Å²) in [6.45, 7) is 3.88. The highest BCUT2D eigenvalue weighted by atomic mass is 79.9. The van der Waals surface area contributed by atoms with Crippen LogP contribution < -0.4 is 11.1 Å². The smallest absolute Gasteiger partial charge is 0.322 e. The fraction of sp³-hybridized carbons (Fsp3) is 0.308. The Labute approximate surface area is 135 Å². The van der Waals surface area contributed by atoms with Crippen LogP contribution in [0.3, 0.4) is 0 Å². The molecule has 3 N–H and O–H groups in total. The molecule has 112 valence electrons. The number of carbonyl (C=O) groups is 1. The second-order valence-electron chi connectivity index (χ2n) is 4.63. The average Bonchev–Trinajstić information content (AvgIpc) is 2.86. The Morgan fingerprint density at radius 2 is 2.24 bits per heavy atom. The van der Waals surface area contributed by atoms with Crippen molar-refractivity contribution in [3.05, 3.63) is 28.6 Å². The number of carbonyl (C=O) groups excluding carboxylic acids is 1. The Bertz CT molecular complexity index is 645. The fourth-order valence-electron chi connectivity index (χ4n) is 1.45. The molecule has 0 atom stereocenters. The molecule has 0 aliphatic rings. The summed E-state index contributed by atoms with van der Waals surface area (Å²) in [6.07, 6.45) is 0. The highest BCUT2D eigenvalue weighted by Crippen LogP contribution is 2.29. The summed E-state index contributed by atoms with van der Waals surface area (Å²) in [5.41, 5.74) is 6.34. The molecule has 2 aromatic rings. The number of amides is 1. The summed E-state index contributed by atoms with van der Waals surface area (Å²) in [7, 11) is 0. The molecule has 0 saturated carbocycles. The molecule has 0 aliphatic carbocycles. The lowest BCUT2D eigenvalue weighted by Gasteiger charge is -2.04. The van der Waals surface area contributed by atoms with Crippen molar-refractivity contribution in [2.24, 2.45) is 0 Å². The number of nitrogen functional groups attached to an aromatic ring is 1. The molecule has 8 heteroatoms. The summed E-state index contributed by atoms with van der Waals surface area (Å²) in [6, 6.07) is 5.58. The van der Waals surface area contributed by atoms with E-state index < -0.39 is 0 Å². The number of nitrogens with two attached hydrogens (primary N) is 1. The molecule has 0 bridgehead atoms. The number of anilines is 2. The minimum absolute atomic E-state index is 0.126. The van der Waals surface area contributed by atoms with Crippen LogP contribution >= 0.6 is 27.7 Å². The van der Waals surface area contributed by atoms with Crippen LogP contribution in [0.25, 0.3) is 0 Å². The number of hydrogen-bond acceptors (Lipinski definition) is 6. The number of thioether (sulfide) groups is 1. The molecule has 2 rings (SSSR count). The number of nitrogens with one attached hydrogen (secondary N) is 1. The maximum atomic E-state index is 11.8. The van der Waals surface area contributed by atoms with Crippen LogP contribution in [0.2, 0.25) is 0 Å². The third-order valence-electron chi connectivity index (χ3n) is 2.50. The standard InChI is InChI=1S/C13H15BrN4O2S/c1-7(2)12-17-18-13(20-12)16-11(19)6-21-10-4-3-8(15)5-9(10)14/h3-5,7H,6,15H2,1-2H3,(H,16,18,19). The van der Waals surface area contributed by atoms with E-state index in [0.29, 0.717) is 11.6 Å². The lowest BCUT2D eigenvalue weighted by molar-refractivity contribution is -0.113. The Hall–Kier alpha value is -1.54. The predicted molar refractivity (Wildman–Crippen MR) is 86.3 cm³/mol. The second kappa shape index (κ2) is 6.95. The fourth-order valence-corrected chi connectivity index (χ4v) is 2.91. The van der Waals surface area contributed by atoms with Gasteiger partial charge in [-0.1, -0.05) is 18.9 Å². The van der Waals surface area contributed by atoms with E-state index in [0.717, 1.165) is 9.37 Å². The normalized spacial score (nSPS) is 10.9. The maximum Gasteiger partial charge on any atom is 0.322 e. The molecule has 1 heterocycles. The number of aromatic nitrogens is 2.